The van der Waals surface area contributed by atoms with E-state index in [2.05, 4.69) is 17.2 Å². The van der Waals surface area contributed by atoms with Crippen LogP contribution in [0.25, 0.3) is 6.08 Å². The van der Waals surface area contributed by atoms with Gasteiger partial charge in [0.15, 0.2) is 6.61 Å². The summed E-state index contributed by atoms with van der Waals surface area (Å²) in [7, 11) is 1.54. The minimum Gasteiger partial charge on any atom is -0.495 e. The standard InChI is InChI=1S/C22H16N2O5S/c1-28-17-9-8-14(12-19-21(26)23-22(27)30-19)11-15(17)5-4-10-24-16-6-2-3-7-18(16)29-13-20(24)25/h2-3,6-9,11-12H,10,13H2,1H3,(H,23,26,27)/b19-12-. The van der Waals surface area contributed by atoms with E-state index < -0.39 is 11.1 Å². The molecule has 0 aromatic heterocycles. The number of anilines is 1. The highest BCUT2D eigenvalue weighted by Crippen LogP contribution is 2.31. The number of nitrogens with one attached hydrogen (secondary N) is 1. The first-order valence-electron chi connectivity index (χ1n) is 8.99. The summed E-state index contributed by atoms with van der Waals surface area (Å²) in [5.74, 6) is 6.68. The molecule has 2 aromatic carbocycles. The van der Waals surface area contributed by atoms with Crippen molar-refractivity contribution in [2.24, 2.45) is 0 Å². The van der Waals surface area contributed by atoms with Crippen molar-refractivity contribution in [2.45, 2.75) is 0 Å². The fourth-order valence-electron chi connectivity index (χ4n) is 3.03. The van der Waals surface area contributed by atoms with Crippen molar-refractivity contribution < 1.29 is 23.9 Å². The number of hydrogen-bond acceptors (Lipinski definition) is 6. The van der Waals surface area contributed by atoms with E-state index in [0.717, 1.165) is 11.8 Å². The van der Waals surface area contributed by atoms with E-state index in [4.69, 9.17) is 9.47 Å². The summed E-state index contributed by atoms with van der Waals surface area (Å²) in [6.45, 7) is 0.171. The highest BCUT2D eigenvalue weighted by molar-refractivity contribution is 8.18. The Kier molecular flexibility index (Phi) is 5.46. The van der Waals surface area contributed by atoms with E-state index >= 15 is 0 Å². The van der Waals surface area contributed by atoms with Crippen LogP contribution in [0.4, 0.5) is 10.5 Å². The first-order valence-corrected chi connectivity index (χ1v) is 9.81. The molecule has 0 aliphatic carbocycles. The number of hydrogen-bond donors (Lipinski definition) is 1. The van der Waals surface area contributed by atoms with Crippen LogP contribution in [0.2, 0.25) is 0 Å². The Hall–Kier alpha value is -3.70. The fourth-order valence-corrected chi connectivity index (χ4v) is 3.71. The van der Waals surface area contributed by atoms with Gasteiger partial charge in [0.25, 0.3) is 17.1 Å². The lowest BCUT2D eigenvalue weighted by Gasteiger charge is -2.27. The highest BCUT2D eigenvalue weighted by atomic mass is 32.2. The molecule has 8 heteroatoms. The Bertz CT molecular complexity index is 1150. The van der Waals surface area contributed by atoms with Crippen molar-refractivity contribution >= 4 is 40.6 Å². The summed E-state index contributed by atoms with van der Waals surface area (Å²) < 4.78 is 10.8. The van der Waals surface area contributed by atoms with Gasteiger partial charge in [-0.15, -0.1) is 0 Å². The number of carbonyl (C=O) groups excluding carboxylic acids is 3. The van der Waals surface area contributed by atoms with E-state index in [9.17, 15) is 14.4 Å². The van der Waals surface area contributed by atoms with Crippen LogP contribution in [0.15, 0.2) is 47.4 Å². The molecule has 1 fully saturated rings. The number of thioether (sulfide) groups is 1. The molecule has 0 unspecified atom stereocenters. The van der Waals surface area contributed by atoms with E-state index in [1.165, 1.54) is 0 Å². The summed E-state index contributed by atoms with van der Waals surface area (Å²) in [5, 5.41) is 1.83. The zero-order valence-electron chi connectivity index (χ0n) is 15.9. The second-order valence-electron chi connectivity index (χ2n) is 6.35. The van der Waals surface area contributed by atoms with Crippen molar-refractivity contribution in [3.63, 3.8) is 0 Å². The van der Waals surface area contributed by atoms with Gasteiger partial charge in [0.1, 0.15) is 11.5 Å². The molecule has 4 rings (SSSR count). The van der Waals surface area contributed by atoms with Crippen LogP contribution in [0.5, 0.6) is 11.5 Å². The number of benzene rings is 2. The Morgan fingerprint density at radius 1 is 1.23 bits per heavy atom. The third kappa shape index (κ3) is 4.02. The third-order valence-electron chi connectivity index (χ3n) is 4.43. The van der Waals surface area contributed by atoms with Gasteiger partial charge in [0.2, 0.25) is 0 Å². The summed E-state index contributed by atoms with van der Waals surface area (Å²) in [4.78, 5) is 37.2. The second-order valence-corrected chi connectivity index (χ2v) is 7.36. The van der Waals surface area contributed by atoms with Crippen LogP contribution in [0, 0.1) is 11.8 Å². The number of methoxy groups -OCH3 is 1. The Labute approximate surface area is 177 Å². The average Bonchev–Trinajstić information content (AvgIpc) is 3.06. The molecule has 30 heavy (non-hydrogen) atoms. The number of imide groups is 1. The Morgan fingerprint density at radius 3 is 2.83 bits per heavy atom. The average molecular weight is 420 g/mol. The molecule has 0 atom stereocenters. The molecule has 0 radical (unpaired) electrons. The van der Waals surface area contributed by atoms with Gasteiger partial charge in [-0.1, -0.05) is 30.0 Å². The van der Waals surface area contributed by atoms with Gasteiger partial charge >= 0.3 is 0 Å². The molecule has 0 spiro atoms. The molecule has 2 aliphatic rings. The molecule has 1 N–H and O–H groups in total. The number of rotatable bonds is 3. The van der Waals surface area contributed by atoms with Crippen LogP contribution in [0.3, 0.4) is 0 Å². The van der Waals surface area contributed by atoms with Crippen LogP contribution in [-0.2, 0) is 9.59 Å². The number of para-hydroxylation sites is 2. The number of fused-ring (bicyclic) bond motifs is 1. The first-order chi connectivity index (χ1) is 14.5. The maximum Gasteiger partial charge on any atom is 0.290 e. The van der Waals surface area contributed by atoms with E-state index in [-0.39, 0.29) is 19.1 Å². The summed E-state index contributed by atoms with van der Waals surface area (Å²) in [5.41, 5.74) is 2.00. The van der Waals surface area contributed by atoms with Gasteiger partial charge in [-0.05, 0) is 47.7 Å². The van der Waals surface area contributed by atoms with Crippen molar-refractivity contribution in [1.29, 1.82) is 0 Å². The van der Waals surface area contributed by atoms with Crippen LogP contribution in [-0.4, -0.2) is 37.3 Å². The zero-order valence-corrected chi connectivity index (χ0v) is 16.7. The van der Waals surface area contributed by atoms with Gasteiger partial charge in [-0.2, -0.15) is 0 Å². The molecular formula is C22H16N2O5S. The Balaban J connectivity index is 1.59. The van der Waals surface area contributed by atoms with Gasteiger partial charge in [-0.25, -0.2) is 0 Å². The molecule has 0 bridgehead atoms. The maximum absolute atomic E-state index is 12.3. The van der Waals surface area contributed by atoms with Crippen LogP contribution >= 0.6 is 11.8 Å². The van der Waals surface area contributed by atoms with Crippen LogP contribution in [0.1, 0.15) is 11.1 Å². The minimum atomic E-state index is -0.419. The quantitative estimate of drug-likeness (QED) is 0.607. The molecule has 0 saturated carbocycles. The molecule has 2 aromatic rings. The van der Waals surface area contributed by atoms with Crippen molar-refractivity contribution in [1.82, 2.24) is 5.32 Å². The number of carbonyl (C=O) groups is 3. The van der Waals surface area contributed by atoms with Crippen molar-refractivity contribution in [3.05, 3.63) is 58.5 Å². The summed E-state index contributed by atoms with van der Waals surface area (Å²) >= 11 is 0.853. The first kappa shape index (κ1) is 19.6. The van der Waals surface area contributed by atoms with Gasteiger partial charge in [0.05, 0.1) is 29.8 Å². The highest BCUT2D eigenvalue weighted by Gasteiger charge is 2.25. The van der Waals surface area contributed by atoms with Crippen LogP contribution < -0.4 is 19.7 Å². The SMILES string of the molecule is COc1ccc(/C=C2\SC(=O)NC2=O)cc1C#CCN1C(=O)COc2ccccc21. The molecular weight excluding hydrogens is 404 g/mol. The number of amides is 3. The normalized spacial score (nSPS) is 16.5. The predicted molar refractivity (Wildman–Crippen MR) is 113 cm³/mol. The summed E-state index contributed by atoms with van der Waals surface area (Å²) in [6, 6.07) is 12.6. The number of nitrogens with zero attached hydrogens (tertiary/aromatic N) is 1. The van der Waals surface area contributed by atoms with Crippen molar-refractivity contribution in [2.75, 3.05) is 25.2 Å². The zero-order chi connectivity index (χ0) is 21.1. The monoisotopic (exact) mass is 420 g/mol. The molecule has 2 aliphatic heterocycles. The number of ether oxygens (including phenoxy) is 2. The van der Waals surface area contributed by atoms with E-state index in [1.54, 1.807) is 36.3 Å². The van der Waals surface area contributed by atoms with Gasteiger partial charge < -0.3 is 9.47 Å². The largest absolute Gasteiger partial charge is 0.495 e. The fraction of sp³-hybridized carbons (Fsp3) is 0.136. The lowest BCUT2D eigenvalue weighted by atomic mass is 10.1. The van der Waals surface area contributed by atoms with Gasteiger partial charge in [-0.3, -0.25) is 24.6 Å². The maximum atomic E-state index is 12.3. The summed E-state index contributed by atoms with van der Waals surface area (Å²) in [6.07, 6.45) is 1.62. The van der Waals surface area contributed by atoms with E-state index in [0.29, 0.717) is 33.2 Å². The third-order valence-corrected chi connectivity index (χ3v) is 5.24. The second kappa shape index (κ2) is 8.35. The van der Waals surface area contributed by atoms with Gasteiger partial charge in [0, 0.05) is 0 Å². The molecule has 7 nitrogen and oxygen atoms in total. The molecule has 2 heterocycles. The topological polar surface area (TPSA) is 84.9 Å². The molecule has 1 saturated heterocycles. The smallest absolute Gasteiger partial charge is 0.290 e. The van der Waals surface area contributed by atoms with E-state index in [1.807, 2.05) is 24.3 Å². The van der Waals surface area contributed by atoms with Crippen molar-refractivity contribution in [3.8, 4) is 23.3 Å². The predicted octanol–water partition coefficient (Wildman–Crippen LogP) is 2.80. The molecule has 3 amide bonds. The molecule has 150 valence electrons. The Morgan fingerprint density at radius 2 is 2.07 bits per heavy atom. The lowest BCUT2D eigenvalue weighted by molar-refractivity contribution is -0.121. The lowest BCUT2D eigenvalue weighted by Crippen LogP contribution is -2.38. The minimum absolute atomic E-state index is 0.0243.